The van der Waals surface area contributed by atoms with Crippen molar-refractivity contribution in [2.45, 2.75) is 27.2 Å². The van der Waals surface area contributed by atoms with Crippen LogP contribution in [0.15, 0.2) is 0 Å². The summed E-state index contributed by atoms with van der Waals surface area (Å²) >= 11 is 0. The van der Waals surface area contributed by atoms with Gasteiger partial charge in [0.2, 0.25) is 0 Å². The first-order valence-electron chi connectivity index (χ1n) is 5.22. The number of ether oxygens (including phenoxy) is 1. The lowest BCUT2D eigenvalue weighted by Gasteiger charge is -2.42. The van der Waals surface area contributed by atoms with Crippen LogP contribution >= 0.6 is 0 Å². The molecule has 0 spiro atoms. The molecule has 0 aromatic carbocycles. The summed E-state index contributed by atoms with van der Waals surface area (Å²) in [7, 11) is 1.77. The Morgan fingerprint density at radius 1 is 1.31 bits per heavy atom. The van der Waals surface area contributed by atoms with Crippen LogP contribution in [0.2, 0.25) is 0 Å². The Hall–Kier alpha value is -0.0800. The molecule has 2 heteroatoms. The van der Waals surface area contributed by atoms with Gasteiger partial charge in [0.1, 0.15) is 0 Å². The molecule has 1 heterocycles. The van der Waals surface area contributed by atoms with Gasteiger partial charge >= 0.3 is 0 Å². The zero-order valence-corrected chi connectivity index (χ0v) is 9.47. The van der Waals surface area contributed by atoms with E-state index >= 15 is 0 Å². The highest BCUT2D eigenvalue weighted by Crippen LogP contribution is 2.29. The SMILES string of the molecule is COCCN1CC(CC(C)(C)C)C1. The third-order valence-corrected chi connectivity index (χ3v) is 2.55. The normalized spacial score (nSPS) is 20.3. The van der Waals surface area contributed by atoms with Crippen LogP contribution in [-0.4, -0.2) is 38.3 Å². The van der Waals surface area contributed by atoms with Gasteiger partial charge in [-0.25, -0.2) is 0 Å². The van der Waals surface area contributed by atoms with Crippen molar-refractivity contribution < 1.29 is 4.74 Å². The highest BCUT2D eigenvalue weighted by atomic mass is 16.5. The maximum absolute atomic E-state index is 5.04. The first kappa shape index (κ1) is 11.0. The molecule has 0 aromatic rings. The molecule has 0 aliphatic carbocycles. The zero-order valence-electron chi connectivity index (χ0n) is 9.47. The molecule has 0 atom stereocenters. The molecule has 1 saturated heterocycles. The third-order valence-electron chi connectivity index (χ3n) is 2.55. The van der Waals surface area contributed by atoms with Crippen LogP contribution in [0, 0.1) is 11.3 Å². The Morgan fingerprint density at radius 3 is 2.38 bits per heavy atom. The number of methoxy groups -OCH3 is 1. The van der Waals surface area contributed by atoms with Crippen molar-refractivity contribution in [1.82, 2.24) is 4.90 Å². The van der Waals surface area contributed by atoms with Gasteiger partial charge in [-0.3, -0.25) is 0 Å². The molecule has 1 aliphatic heterocycles. The summed E-state index contributed by atoms with van der Waals surface area (Å²) in [6, 6.07) is 0. The predicted molar refractivity (Wildman–Crippen MR) is 55.9 cm³/mol. The summed E-state index contributed by atoms with van der Waals surface area (Å²) in [6.07, 6.45) is 1.36. The molecule has 0 N–H and O–H groups in total. The Morgan fingerprint density at radius 2 is 1.92 bits per heavy atom. The fraction of sp³-hybridized carbons (Fsp3) is 1.00. The molecule has 0 saturated carbocycles. The molecular formula is C11H23NO. The molecule has 1 fully saturated rings. The number of hydrogen-bond donors (Lipinski definition) is 0. The minimum absolute atomic E-state index is 0.498. The van der Waals surface area contributed by atoms with Gasteiger partial charge in [-0.1, -0.05) is 20.8 Å². The zero-order chi connectivity index (χ0) is 9.90. The maximum atomic E-state index is 5.04. The van der Waals surface area contributed by atoms with Crippen molar-refractivity contribution in [2.24, 2.45) is 11.3 Å². The lowest BCUT2D eigenvalue weighted by Crippen LogP contribution is -2.48. The van der Waals surface area contributed by atoms with Crippen molar-refractivity contribution in [3.8, 4) is 0 Å². The summed E-state index contributed by atoms with van der Waals surface area (Å²) in [5.41, 5.74) is 0.498. The fourth-order valence-electron chi connectivity index (χ4n) is 2.07. The van der Waals surface area contributed by atoms with Crippen LogP contribution < -0.4 is 0 Å². The van der Waals surface area contributed by atoms with Crippen molar-refractivity contribution in [3.63, 3.8) is 0 Å². The number of likely N-dealkylation sites (tertiary alicyclic amines) is 1. The molecule has 0 unspecified atom stereocenters. The first-order chi connectivity index (χ1) is 6.01. The highest BCUT2D eigenvalue weighted by molar-refractivity contribution is 4.82. The van der Waals surface area contributed by atoms with E-state index in [9.17, 15) is 0 Å². The molecule has 2 nitrogen and oxygen atoms in total. The molecule has 0 bridgehead atoms. The van der Waals surface area contributed by atoms with Gasteiger partial charge in [-0.15, -0.1) is 0 Å². The van der Waals surface area contributed by atoms with Crippen LogP contribution in [0.25, 0.3) is 0 Å². The smallest absolute Gasteiger partial charge is 0.0589 e. The minimum atomic E-state index is 0.498. The van der Waals surface area contributed by atoms with E-state index < -0.39 is 0 Å². The van der Waals surface area contributed by atoms with E-state index in [1.165, 1.54) is 19.5 Å². The van der Waals surface area contributed by atoms with Gasteiger partial charge in [0.25, 0.3) is 0 Å². The first-order valence-corrected chi connectivity index (χ1v) is 5.22. The summed E-state index contributed by atoms with van der Waals surface area (Å²) in [6.45, 7) is 11.5. The number of nitrogens with zero attached hydrogens (tertiary/aromatic N) is 1. The summed E-state index contributed by atoms with van der Waals surface area (Å²) in [4.78, 5) is 2.47. The molecule has 1 aliphatic rings. The third kappa shape index (κ3) is 4.10. The monoisotopic (exact) mass is 185 g/mol. The molecule has 1 rings (SSSR count). The number of rotatable bonds is 4. The van der Waals surface area contributed by atoms with Crippen molar-refractivity contribution in [3.05, 3.63) is 0 Å². The van der Waals surface area contributed by atoms with Gasteiger partial charge in [0.05, 0.1) is 6.61 Å². The molecule has 13 heavy (non-hydrogen) atoms. The van der Waals surface area contributed by atoms with Crippen LogP contribution in [-0.2, 0) is 4.74 Å². The van der Waals surface area contributed by atoms with E-state index in [0.29, 0.717) is 5.41 Å². The summed E-state index contributed by atoms with van der Waals surface area (Å²) in [5.74, 6) is 0.928. The van der Waals surface area contributed by atoms with E-state index in [1.54, 1.807) is 7.11 Å². The van der Waals surface area contributed by atoms with E-state index in [4.69, 9.17) is 4.74 Å². The standard InChI is InChI=1S/C11H23NO/c1-11(2,3)7-10-8-12(9-10)5-6-13-4/h10H,5-9H2,1-4H3. The molecule has 0 radical (unpaired) electrons. The predicted octanol–water partition coefficient (Wildman–Crippen LogP) is 2.00. The van der Waals surface area contributed by atoms with Crippen molar-refractivity contribution in [1.29, 1.82) is 0 Å². The highest BCUT2D eigenvalue weighted by Gasteiger charge is 2.29. The Bertz CT molecular complexity index is 145. The average molecular weight is 185 g/mol. The molecule has 0 aromatic heterocycles. The van der Waals surface area contributed by atoms with Crippen LogP contribution in [0.1, 0.15) is 27.2 Å². The largest absolute Gasteiger partial charge is 0.383 e. The second-order valence-corrected chi connectivity index (χ2v) is 5.38. The van der Waals surface area contributed by atoms with Crippen LogP contribution in [0.5, 0.6) is 0 Å². The Kier molecular flexibility index (Phi) is 3.74. The topological polar surface area (TPSA) is 12.5 Å². The van der Waals surface area contributed by atoms with Crippen molar-refractivity contribution >= 4 is 0 Å². The van der Waals surface area contributed by atoms with E-state index in [2.05, 4.69) is 25.7 Å². The van der Waals surface area contributed by atoms with Crippen LogP contribution in [0.4, 0.5) is 0 Å². The van der Waals surface area contributed by atoms with Gasteiger partial charge in [0.15, 0.2) is 0 Å². The maximum Gasteiger partial charge on any atom is 0.0589 e. The van der Waals surface area contributed by atoms with Crippen molar-refractivity contribution in [2.75, 3.05) is 33.4 Å². The van der Waals surface area contributed by atoms with Gasteiger partial charge < -0.3 is 9.64 Å². The Labute approximate surface area is 82.3 Å². The van der Waals surface area contributed by atoms with Gasteiger partial charge in [-0.05, 0) is 17.8 Å². The Balaban J connectivity index is 2.05. The van der Waals surface area contributed by atoms with E-state index in [-0.39, 0.29) is 0 Å². The van der Waals surface area contributed by atoms with Crippen LogP contribution in [0.3, 0.4) is 0 Å². The van der Waals surface area contributed by atoms with Gasteiger partial charge in [-0.2, -0.15) is 0 Å². The molecule has 0 amide bonds. The van der Waals surface area contributed by atoms with E-state index in [1.807, 2.05) is 0 Å². The van der Waals surface area contributed by atoms with Gasteiger partial charge in [0, 0.05) is 26.7 Å². The number of hydrogen-bond acceptors (Lipinski definition) is 2. The summed E-state index contributed by atoms with van der Waals surface area (Å²) < 4.78 is 5.04. The fourth-order valence-corrected chi connectivity index (χ4v) is 2.07. The van der Waals surface area contributed by atoms with E-state index in [0.717, 1.165) is 19.1 Å². The lowest BCUT2D eigenvalue weighted by atomic mass is 9.81. The quantitative estimate of drug-likeness (QED) is 0.664. The minimum Gasteiger partial charge on any atom is -0.383 e. The summed E-state index contributed by atoms with van der Waals surface area (Å²) in [5, 5.41) is 0. The molecule has 78 valence electrons. The molecular weight excluding hydrogens is 162 g/mol. The lowest BCUT2D eigenvalue weighted by molar-refractivity contribution is 0.0444. The second kappa shape index (κ2) is 4.43. The average Bonchev–Trinajstić information content (AvgIpc) is 1.91. The second-order valence-electron chi connectivity index (χ2n) is 5.38.